The van der Waals surface area contributed by atoms with Crippen molar-refractivity contribution >= 4 is 46.1 Å². The van der Waals surface area contributed by atoms with Crippen LogP contribution >= 0.6 is 11.8 Å². The Labute approximate surface area is 221 Å². The monoisotopic (exact) mass is 523 g/mol. The minimum absolute atomic E-state index is 0.124. The number of esters is 1. The number of carbonyl (C=O) groups is 3. The summed E-state index contributed by atoms with van der Waals surface area (Å²) in [7, 11) is 1.96. The maximum Gasteiger partial charge on any atom is 0.338 e. The van der Waals surface area contributed by atoms with Gasteiger partial charge in [0.25, 0.3) is 0 Å². The van der Waals surface area contributed by atoms with Crippen LogP contribution in [0.1, 0.15) is 49.2 Å². The van der Waals surface area contributed by atoms with Gasteiger partial charge in [-0.2, -0.15) is 0 Å². The Morgan fingerprint density at radius 2 is 1.86 bits per heavy atom. The van der Waals surface area contributed by atoms with Crippen molar-refractivity contribution in [1.29, 1.82) is 0 Å². The van der Waals surface area contributed by atoms with Gasteiger partial charge in [-0.1, -0.05) is 30.0 Å². The van der Waals surface area contributed by atoms with Gasteiger partial charge < -0.3 is 19.4 Å². The Morgan fingerprint density at radius 3 is 2.57 bits per heavy atom. The standard InChI is InChI=1S/C28H33N3O5S/c1-5-35-28(34)19-11-13-20(14-12-19)31-23(32)17-37-27-24(21-9-6-7-10-22(21)30(27)4)25(31)26(33)29-15-8-16-36-18(2)3/h6-7,9-14,18,25H,5,8,15-17H2,1-4H3,(H,29,33)/t25-/m1/s1. The van der Waals surface area contributed by atoms with Gasteiger partial charge in [0.05, 0.1) is 29.1 Å². The molecule has 2 amide bonds. The average molecular weight is 524 g/mol. The zero-order chi connectivity index (χ0) is 26.5. The van der Waals surface area contributed by atoms with Gasteiger partial charge in [0.15, 0.2) is 0 Å². The second-order valence-electron chi connectivity index (χ2n) is 9.08. The largest absolute Gasteiger partial charge is 0.462 e. The third-order valence-corrected chi connectivity index (χ3v) is 7.36. The first kappa shape index (κ1) is 26.8. The summed E-state index contributed by atoms with van der Waals surface area (Å²) < 4.78 is 12.7. The molecule has 0 bridgehead atoms. The van der Waals surface area contributed by atoms with E-state index < -0.39 is 12.0 Å². The van der Waals surface area contributed by atoms with E-state index in [4.69, 9.17) is 9.47 Å². The van der Waals surface area contributed by atoms with E-state index in [2.05, 4.69) is 5.32 Å². The van der Waals surface area contributed by atoms with Gasteiger partial charge >= 0.3 is 5.97 Å². The van der Waals surface area contributed by atoms with Crippen molar-refractivity contribution in [3.63, 3.8) is 0 Å². The second-order valence-corrected chi connectivity index (χ2v) is 10.0. The number of aryl methyl sites for hydroxylation is 1. The zero-order valence-corrected chi connectivity index (χ0v) is 22.5. The normalized spacial score (nSPS) is 15.5. The van der Waals surface area contributed by atoms with E-state index in [1.54, 1.807) is 36.1 Å². The number of hydrogen-bond acceptors (Lipinski definition) is 6. The van der Waals surface area contributed by atoms with Crippen LogP contribution in [-0.2, 0) is 26.1 Å². The molecule has 9 heteroatoms. The Balaban J connectivity index is 1.74. The van der Waals surface area contributed by atoms with E-state index >= 15 is 0 Å². The van der Waals surface area contributed by atoms with Gasteiger partial charge in [-0.25, -0.2) is 4.79 Å². The fraction of sp³-hybridized carbons (Fsp3) is 0.393. The van der Waals surface area contributed by atoms with Crippen LogP contribution in [-0.4, -0.2) is 54.0 Å². The molecule has 37 heavy (non-hydrogen) atoms. The summed E-state index contributed by atoms with van der Waals surface area (Å²) in [5, 5.41) is 4.85. The topological polar surface area (TPSA) is 89.9 Å². The third kappa shape index (κ3) is 5.67. The molecule has 3 aromatic rings. The molecule has 1 aliphatic rings. The minimum atomic E-state index is -0.872. The molecule has 0 aliphatic carbocycles. The summed E-state index contributed by atoms with van der Waals surface area (Å²) in [5.41, 5.74) is 2.73. The molecule has 0 saturated carbocycles. The molecule has 196 valence electrons. The van der Waals surface area contributed by atoms with E-state index in [0.717, 1.165) is 21.5 Å². The van der Waals surface area contributed by atoms with Gasteiger partial charge in [-0.3, -0.25) is 14.5 Å². The van der Waals surface area contributed by atoms with Crippen molar-refractivity contribution in [3.8, 4) is 0 Å². The van der Waals surface area contributed by atoms with Crippen molar-refractivity contribution in [2.24, 2.45) is 7.05 Å². The number of hydrogen-bond donors (Lipinski definition) is 1. The molecular weight excluding hydrogens is 490 g/mol. The predicted octanol–water partition coefficient (Wildman–Crippen LogP) is 4.47. The molecule has 0 spiro atoms. The van der Waals surface area contributed by atoms with E-state index in [0.29, 0.717) is 30.8 Å². The lowest BCUT2D eigenvalue weighted by Crippen LogP contribution is -2.44. The number of nitrogens with zero attached hydrogens (tertiary/aromatic N) is 2. The van der Waals surface area contributed by atoms with E-state index in [1.165, 1.54) is 11.8 Å². The molecule has 0 fully saturated rings. The van der Waals surface area contributed by atoms with Crippen LogP contribution in [0.4, 0.5) is 5.69 Å². The van der Waals surface area contributed by atoms with Crippen molar-refractivity contribution in [3.05, 3.63) is 59.7 Å². The number of anilines is 1. The van der Waals surface area contributed by atoms with Crippen molar-refractivity contribution < 1.29 is 23.9 Å². The molecule has 4 rings (SSSR count). The van der Waals surface area contributed by atoms with Crippen LogP contribution in [0, 0.1) is 0 Å². The SMILES string of the molecule is CCOC(=O)c1ccc(N2C(=O)CSc3c(c4ccccc4n3C)[C@@H]2C(=O)NCCCOC(C)C)cc1. The highest BCUT2D eigenvalue weighted by atomic mass is 32.2. The first-order chi connectivity index (χ1) is 17.8. The van der Waals surface area contributed by atoms with Crippen molar-refractivity contribution in [1.82, 2.24) is 9.88 Å². The van der Waals surface area contributed by atoms with Gasteiger partial charge in [0.1, 0.15) is 6.04 Å². The number of rotatable bonds is 9. The van der Waals surface area contributed by atoms with Crippen LogP contribution in [0.15, 0.2) is 53.6 Å². The van der Waals surface area contributed by atoms with E-state index in [-0.39, 0.29) is 30.3 Å². The number of benzene rings is 2. The minimum Gasteiger partial charge on any atom is -0.462 e. The van der Waals surface area contributed by atoms with Gasteiger partial charge in [0, 0.05) is 42.4 Å². The van der Waals surface area contributed by atoms with E-state index in [1.807, 2.05) is 49.7 Å². The molecule has 1 atom stereocenters. The summed E-state index contributed by atoms with van der Waals surface area (Å²) in [5.74, 6) is -0.686. The molecule has 1 aromatic heterocycles. The van der Waals surface area contributed by atoms with Crippen LogP contribution < -0.4 is 10.2 Å². The number of nitrogens with one attached hydrogen (secondary N) is 1. The number of aromatic nitrogens is 1. The third-order valence-electron chi connectivity index (χ3n) is 6.20. The maximum absolute atomic E-state index is 13.8. The molecule has 8 nitrogen and oxygen atoms in total. The lowest BCUT2D eigenvalue weighted by atomic mass is 10.0. The number of fused-ring (bicyclic) bond motifs is 3. The molecule has 0 saturated heterocycles. The summed E-state index contributed by atoms with van der Waals surface area (Å²) in [6.07, 6.45) is 0.786. The van der Waals surface area contributed by atoms with E-state index in [9.17, 15) is 14.4 Å². The molecule has 1 aliphatic heterocycles. The molecule has 0 unspecified atom stereocenters. The summed E-state index contributed by atoms with van der Waals surface area (Å²) >= 11 is 1.44. The van der Waals surface area contributed by atoms with Crippen LogP contribution in [0.25, 0.3) is 10.9 Å². The summed E-state index contributed by atoms with van der Waals surface area (Å²) in [4.78, 5) is 41.1. The highest BCUT2D eigenvalue weighted by molar-refractivity contribution is 8.00. The summed E-state index contributed by atoms with van der Waals surface area (Å²) in [6.45, 7) is 6.94. The number of carbonyl (C=O) groups excluding carboxylic acids is 3. The smallest absolute Gasteiger partial charge is 0.338 e. The second kappa shape index (κ2) is 11.8. The first-order valence-corrected chi connectivity index (χ1v) is 13.5. The van der Waals surface area contributed by atoms with Crippen LogP contribution in [0.5, 0.6) is 0 Å². The highest BCUT2D eigenvalue weighted by Crippen LogP contribution is 2.43. The summed E-state index contributed by atoms with van der Waals surface area (Å²) in [6, 6.07) is 13.7. The lowest BCUT2D eigenvalue weighted by molar-refractivity contribution is -0.125. The van der Waals surface area contributed by atoms with Crippen LogP contribution in [0.3, 0.4) is 0 Å². The van der Waals surface area contributed by atoms with Crippen LogP contribution in [0.2, 0.25) is 0 Å². The maximum atomic E-state index is 13.8. The number of amides is 2. The number of thioether (sulfide) groups is 1. The molecule has 0 radical (unpaired) electrons. The molecule has 2 aromatic carbocycles. The average Bonchev–Trinajstić information content (AvgIpc) is 3.06. The van der Waals surface area contributed by atoms with Gasteiger partial charge in [0.2, 0.25) is 11.8 Å². The van der Waals surface area contributed by atoms with Crippen molar-refractivity contribution in [2.45, 2.75) is 44.4 Å². The lowest BCUT2D eigenvalue weighted by Gasteiger charge is -2.30. The van der Waals surface area contributed by atoms with Gasteiger partial charge in [-0.15, -0.1) is 0 Å². The highest BCUT2D eigenvalue weighted by Gasteiger charge is 2.39. The number of ether oxygens (including phenoxy) is 2. The molecule has 1 N–H and O–H groups in total. The molecular formula is C28H33N3O5S. The fourth-order valence-electron chi connectivity index (χ4n) is 4.52. The predicted molar refractivity (Wildman–Crippen MR) is 145 cm³/mol. The Kier molecular flexibility index (Phi) is 8.56. The Bertz CT molecular complexity index is 1280. The zero-order valence-electron chi connectivity index (χ0n) is 21.7. The van der Waals surface area contributed by atoms with Crippen molar-refractivity contribution in [2.75, 3.05) is 30.4 Å². The van der Waals surface area contributed by atoms with Gasteiger partial charge in [-0.05, 0) is 57.5 Å². The Morgan fingerprint density at radius 1 is 1.14 bits per heavy atom. The number of para-hydroxylation sites is 1. The first-order valence-electron chi connectivity index (χ1n) is 12.5. The molecule has 2 heterocycles. The fourth-order valence-corrected chi connectivity index (χ4v) is 5.59. The Hall–Kier alpha value is -3.30. The quantitative estimate of drug-likeness (QED) is 0.329.